The van der Waals surface area contributed by atoms with Gasteiger partial charge in [0.2, 0.25) is 5.96 Å². The number of nitrogens with one attached hydrogen (secondary N) is 3. The van der Waals surface area contributed by atoms with Gasteiger partial charge >= 0.3 is 0 Å². The molecule has 1 amide bonds. The van der Waals surface area contributed by atoms with Crippen LogP contribution in [0.3, 0.4) is 0 Å². The van der Waals surface area contributed by atoms with E-state index in [0.29, 0.717) is 29.4 Å². The van der Waals surface area contributed by atoms with Crippen LogP contribution in [-0.2, 0) is 0 Å². The normalized spacial score (nSPS) is 11.7. The Kier molecular flexibility index (Phi) is 6.80. The van der Waals surface area contributed by atoms with E-state index in [4.69, 9.17) is 16.8 Å². The molecule has 0 radical (unpaired) electrons. The summed E-state index contributed by atoms with van der Waals surface area (Å²) in [6, 6.07) is 10.3. The first kappa shape index (κ1) is 19.5. The molecule has 1 aromatic heterocycles. The number of carbonyl (C=O) groups excluding carboxylic acids is 1. The summed E-state index contributed by atoms with van der Waals surface area (Å²) in [5.74, 6) is 0.0365. The van der Waals surface area contributed by atoms with Gasteiger partial charge in [0.1, 0.15) is 0 Å². The molecule has 0 saturated carbocycles. The number of guanidine groups is 1. The molecule has 2 aromatic rings. The van der Waals surface area contributed by atoms with Crippen molar-refractivity contribution >= 4 is 29.2 Å². The first-order valence-electron chi connectivity index (χ1n) is 8.06. The van der Waals surface area contributed by atoms with Crippen LogP contribution in [0.5, 0.6) is 0 Å². The van der Waals surface area contributed by atoms with Crippen LogP contribution in [0.25, 0.3) is 0 Å². The van der Waals surface area contributed by atoms with Gasteiger partial charge in [0.25, 0.3) is 5.91 Å². The number of oxime groups is 1. The van der Waals surface area contributed by atoms with Gasteiger partial charge in [-0.15, -0.1) is 0 Å². The molecule has 8 heteroatoms. The number of carbonyl (C=O) groups is 1. The third-order valence-electron chi connectivity index (χ3n) is 3.59. The van der Waals surface area contributed by atoms with Crippen molar-refractivity contribution in [3.8, 4) is 0 Å². The Labute approximate surface area is 157 Å². The predicted molar refractivity (Wildman–Crippen MR) is 103 cm³/mol. The lowest BCUT2D eigenvalue weighted by molar-refractivity contribution is 0.0937. The van der Waals surface area contributed by atoms with E-state index < -0.39 is 0 Å². The molecule has 7 nitrogen and oxygen atoms in total. The molecular formula is C18H22ClN5O2. The highest BCUT2D eigenvalue weighted by molar-refractivity contribution is 6.30. The average molecular weight is 376 g/mol. The van der Waals surface area contributed by atoms with Gasteiger partial charge in [-0.2, -0.15) is 0 Å². The topological polar surface area (TPSA) is 98.6 Å². The van der Waals surface area contributed by atoms with Crippen molar-refractivity contribution in [1.29, 1.82) is 0 Å². The van der Waals surface area contributed by atoms with Crippen LogP contribution in [0.1, 0.15) is 24.2 Å². The van der Waals surface area contributed by atoms with Gasteiger partial charge in [0.05, 0.1) is 11.9 Å². The second kappa shape index (κ2) is 9.05. The lowest BCUT2D eigenvalue weighted by atomic mass is 9.93. The SMILES string of the molecule is CC(C)(CNC(=O)c1ccc(Cl)cc1)CNC(=NO)Nc1cccnc1. The number of hydrogen-bond acceptors (Lipinski definition) is 4. The fourth-order valence-corrected chi connectivity index (χ4v) is 2.21. The number of amides is 1. The number of hydrogen-bond donors (Lipinski definition) is 4. The Morgan fingerprint density at radius 2 is 1.88 bits per heavy atom. The van der Waals surface area contributed by atoms with Crippen molar-refractivity contribution in [3.05, 3.63) is 59.4 Å². The number of nitrogens with zero attached hydrogens (tertiary/aromatic N) is 2. The van der Waals surface area contributed by atoms with E-state index in [1.54, 1.807) is 48.8 Å². The van der Waals surface area contributed by atoms with Gasteiger partial charge in [-0.3, -0.25) is 9.78 Å². The Hall–Kier alpha value is -2.80. The number of rotatable bonds is 6. The van der Waals surface area contributed by atoms with E-state index in [9.17, 15) is 4.79 Å². The molecule has 1 aromatic carbocycles. The Balaban J connectivity index is 1.83. The third-order valence-corrected chi connectivity index (χ3v) is 3.84. The van der Waals surface area contributed by atoms with Gasteiger partial charge in [-0.05, 0) is 41.8 Å². The predicted octanol–water partition coefficient (Wildman–Crippen LogP) is 2.94. The molecule has 0 aliphatic rings. The summed E-state index contributed by atoms with van der Waals surface area (Å²) in [5.41, 5.74) is 0.963. The molecule has 2 rings (SSSR count). The molecule has 4 N–H and O–H groups in total. The Morgan fingerprint density at radius 1 is 1.19 bits per heavy atom. The molecule has 138 valence electrons. The average Bonchev–Trinajstić information content (AvgIpc) is 2.64. The van der Waals surface area contributed by atoms with Crippen LogP contribution in [0.15, 0.2) is 53.9 Å². The minimum absolute atomic E-state index is 0.167. The molecule has 0 aliphatic carbocycles. The Morgan fingerprint density at radius 3 is 2.50 bits per heavy atom. The third kappa shape index (κ3) is 6.25. The summed E-state index contributed by atoms with van der Waals surface area (Å²) in [4.78, 5) is 16.2. The summed E-state index contributed by atoms with van der Waals surface area (Å²) >= 11 is 5.83. The zero-order chi connectivity index (χ0) is 19.0. The van der Waals surface area contributed by atoms with Crippen LogP contribution in [-0.4, -0.2) is 35.1 Å². The van der Waals surface area contributed by atoms with E-state index in [1.807, 2.05) is 13.8 Å². The van der Waals surface area contributed by atoms with E-state index in [-0.39, 0.29) is 17.3 Å². The van der Waals surface area contributed by atoms with Crippen LogP contribution < -0.4 is 16.0 Å². The molecule has 1 heterocycles. The van der Waals surface area contributed by atoms with Crippen LogP contribution in [0.4, 0.5) is 5.69 Å². The second-order valence-corrected chi connectivity index (χ2v) is 6.96. The molecule has 26 heavy (non-hydrogen) atoms. The van der Waals surface area contributed by atoms with Gasteiger partial charge in [-0.25, -0.2) is 0 Å². The first-order valence-corrected chi connectivity index (χ1v) is 8.44. The van der Waals surface area contributed by atoms with Crippen molar-refractivity contribution in [2.24, 2.45) is 10.6 Å². The number of halogens is 1. The number of anilines is 1. The Bertz CT molecular complexity index is 748. The largest absolute Gasteiger partial charge is 0.408 e. The molecular weight excluding hydrogens is 354 g/mol. The number of pyridine rings is 1. The van der Waals surface area contributed by atoms with Crippen molar-refractivity contribution in [2.45, 2.75) is 13.8 Å². The van der Waals surface area contributed by atoms with Crippen molar-refractivity contribution in [3.63, 3.8) is 0 Å². The molecule has 0 bridgehead atoms. The van der Waals surface area contributed by atoms with E-state index in [0.717, 1.165) is 0 Å². The molecule has 0 aliphatic heterocycles. The molecule has 0 atom stereocenters. The van der Waals surface area contributed by atoms with Gasteiger partial charge in [-0.1, -0.05) is 30.6 Å². The zero-order valence-corrected chi connectivity index (χ0v) is 15.4. The summed E-state index contributed by atoms with van der Waals surface area (Å²) in [6.45, 7) is 4.88. The van der Waals surface area contributed by atoms with Crippen molar-refractivity contribution in [1.82, 2.24) is 15.6 Å². The fraction of sp³-hybridized carbons (Fsp3) is 0.278. The van der Waals surface area contributed by atoms with Crippen LogP contribution >= 0.6 is 11.6 Å². The second-order valence-electron chi connectivity index (χ2n) is 6.52. The smallest absolute Gasteiger partial charge is 0.251 e. The number of aromatic nitrogens is 1. The summed E-state index contributed by atoms with van der Waals surface area (Å²) in [6.07, 6.45) is 3.27. The highest BCUT2D eigenvalue weighted by Gasteiger charge is 2.20. The van der Waals surface area contributed by atoms with Gasteiger partial charge < -0.3 is 21.2 Å². The maximum absolute atomic E-state index is 12.2. The fourth-order valence-electron chi connectivity index (χ4n) is 2.09. The summed E-state index contributed by atoms with van der Waals surface area (Å²) in [5, 5.41) is 21.8. The number of benzene rings is 1. The monoisotopic (exact) mass is 375 g/mol. The van der Waals surface area contributed by atoms with Gasteiger partial charge in [0.15, 0.2) is 0 Å². The van der Waals surface area contributed by atoms with E-state index in [2.05, 4.69) is 26.1 Å². The minimum atomic E-state index is -0.283. The van der Waals surface area contributed by atoms with Gasteiger partial charge in [0, 0.05) is 29.9 Å². The van der Waals surface area contributed by atoms with Crippen molar-refractivity contribution in [2.75, 3.05) is 18.4 Å². The summed E-state index contributed by atoms with van der Waals surface area (Å²) < 4.78 is 0. The molecule has 0 saturated heterocycles. The molecule has 0 unspecified atom stereocenters. The maximum atomic E-state index is 12.2. The summed E-state index contributed by atoms with van der Waals surface area (Å²) in [7, 11) is 0. The van der Waals surface area contributed by atoms with E-state index in [1.165, 1.54) is 0 Å². The lowest BCUT2D eigenvalue weighted by Crippen LogP contribution is -2.43. The quantitative estimate of drug-likeness (QED) is 0.269. The standard InChI is InChI=1S/C18H22ClN5O2/c1-18(2,11-21-16(25)13-5-7-14(19)8-6-13)12-22-17(24-26)23-15-4-3-9-20-10-15/h3-10,26H,11-12H2,1-2H3,(H,21,25)(H2,22,23,24). The lowest BCUT2D eigenvalue weighted by Gasteiger charge is -2.26. The van der Waals surface area contributed by atoms with Crippen LogP contribution in [0, 0.1) is 5.41 Å². The highest BCUT2D eigenvalue weighted by Crippen LogP contribution is 2.14. The molecule has 0 spiro atoms. The minimum Gasteiger partial charge on any atom is -0.408 e. The first-order chi connectivity index (χ1) is 12.4. The van der Waals surface area contributed by atoms with Crippen molar-refractivity contribution < 1.29 is 10.0 Å². The highest BCUT2D eigenvalue weighted by atomic mass is 35.5. The zero-order valence-electron chi connectivity index (χ0n) is 14.7. The molecule has 0 fully saturated rings. The van der Waals surface area contributed by atoms with E-state index >= 15 is 0 Å². The van der Waals surface area contributed by atoms with Crippen LogP contribution in [0.2, 0.25) is 5.02 Å². The maximum Gasteiger partial charge on any atom is 0.251 e.